The molecule has 0 aromatic heterocycles. The minimum absolute atomic E-state index is 0.0558. The zero-order valence-electron chi connectivity index (χ0n) is 9.56. The van der Waals surface area contributed by atoms with Crippen LogP contribution in [0.5, 0.6) is 0 Å². The van der Waals surface area contributed by atoms with Gasteiger partial charge in [0.25, 0.3) is 0 Å². The van der Waals surface area contributed by atoms with Crippen molar-refractivity contribution in [3.05, 3.63) is 11.6 Å². The maximum Gasteiger partial charge on any atom is 0.310 e. The average Bonchev–Trinajstić information content (AvgIpc) is 2.69. The zero-order chi connectivity index (χ0) is 11.7. The number of esters is 2. The summed E-state index contributed by atoms with van der Waals surface area (Å²) in [7, 11) is 1.36. The van der Waals surface area contributed by atoms with Gasteiger partial charge in [0.15, 0.2) is 0 Å². The number of rotatable bonds is 2. The molecular formula is C12H16O4. The summed E-state index contributed by atoms with van der Waals surface area (Å²) in [5.74, 6) is -1.19. The summed E-state index contributed by atoms with van der Waals surface area (Å²) >= 11 is 0. The summed E-state index contributed by atoms with van der Waals surface area (Å²) in [5.41, 5.74) is 1.22. The standard InChI is InChI=1S/C12H16O4/c1-3-7-4-8-6-16-12(14)10(8)9(5-7)11(13)15-2/h4,8-10H,3,5-6H2,1-2H3/t8-,9+,10+/m1/s1. The van der Waals surface area contributed by atoms with Crippen LogP contribution in [0.3, 0.4) is 0 Å². The quantitative estimate of drug-likeness (QED) is 0.524. The molecular weight excluding hydrogens is 208 g/mol. The summed E-state index contributed by atoms with van der Waals surface area (Å²) in [6.45, 7) is 2.46. The number of hydrogen-bond acceptors (Lipinski definition) is 4. The Morgan fingerprint density at radius 2 is 2.38 bits per heavy atom. The second-order valence-corrected chi connectivity index (χ2v) is 4.33. The molecule has 0 bridgehead atoms. The molecule has 0 spiro atoms. The number of allylic oxidation sites excluding steroid dienone is 1. The molecule has 4 heteroatoms. The Morgan fingerprint density at radius 3 is 3.00 bits per heavy atom. The number of hydrogen-bond donors (Lipinski definition) is 0. The van der Waals surface area contributed by atoms with Crippen LogP contribution in [0.25, 0.3) is 0 Å². The van der Waals surface area contributed by atoms with Gasteiger partial charge >= 0.3 is 11.9 Å². The average molecular weight is 224 g/mol. The summed E-state index contributed by atoms with van der Waals surface area (Å²) in [6, 6.07) is 0. The second kappa shape index (κ2) is 4.28. The van der Waals surface area contributed by atoms with E-state index in [2.05, 4.69) is 13.0 Å². The fraction of sp³-hybridized carbons (Fsp3) is 0.667. The molecule has 1 aliphatic heterocycles. The number of fused-ring (bicyclic) bond motifs is 1. The SMILES string of the molecule is CCC1=C[C@@H]2COC(=O)[C@@H]2[C@@H](C(=O)OC)C1. The van der Waals surface area contributed by atoms with Crippen LogP contribution in [0.15, 0.2) is 11.6 Å². The van der Waals surface area contributed by atoms with Crippen LogP contribution in [0.2, 0.25) is 0 Å². The minimum Gasteiger partial charge on any atom is -0.469 e. The molecule has 0 saturated carbocycles. The Morgan fingerprint density at radius 1 is 1.62 bits per heavy atom. The van der Waals surface area contributed by atoms with Crippen molar-refractivity contribution in [3.8, 4) is 0 Å². The minimum atomic E-state index is -0.357. The molecule has 1 aliphatic carbocycles. The normalized spacial score (nSPS) is 32.8. The first-order valence-electron chi connectivity index (χ1n) is 5.61. The lowest BCUT2D eigenvalue weighted by atomic mass is 9.74. The van der Waals surface area contributed by atoms with Crippen molar-refractivity contribution in [3.63, 3.8) is 0 Å². The third-order valence-electron chi connectivity index (χ3n) is 3.47. The van der Waals surface area contributed by atoms with Gasteiger partial charge in [-0.1, -0.05) is 18.6 Å². The van der Waals surface area contributed by atoms with Crippen molar-refractivity contribution in [2.75, 3.05) is 13.7 Å². The van der Waals surface area contributed by atoms with Gasteiger partial charge in [0.2, 0.25) is 0 Å². The predicted octanol–water partition coefficient (Wildman–Crippen LogP) is 1.30. The highest BCUT2D eigenvalue weighted by molar-refractivity contribution is 5.84. The monoisotopic (exact) mass is 224 g/mol. The fourth-order valence-electron chi connectivity index (χ4n) is 2.59. The molecule has 0 aromatic rings. The largest absolute Gasteiger partial charge is 0.469 e. The van der Waals surface area contributed by atoms with Crippen LogP contribution in [0.1, 0.15) is 19.8 Å². The van der Waals surface area contributed by atoms with Crippen LogP contribution in [-0.4, -0.2) is 25.7 Å². The van der Waals surface area contributed by atoms with Gasteiger partial charge in [-0.05, 0) is 12.8 Å². The Hall–Kier alpha value is -1.32. The van der Waals surface area contributed by atoms with E-state index in [0.29, 0.717) is 13.0 Å². The number of carbonyl (C=O) groups is 2. The van der Waals surface area contributed by atoms with Crippen molar-refractivity contribution in [1.82, 2.24) is 0 Å². The molecule has 1 saturated heterocycles. The van der Waals surface area contributed by atoms with Gasteiger partial charge in [-0.2, -0.15) is 0 Å². The third kappa shape index (κ3) is 1.72. The van der Waals surface area contributed by atoms with Crippen LogP contribution < -0.4 is 0 Å². The van der Waals surface area contributed by atoms with Gasteiger partial charge < -0.3 is 9.47 Å². The Kier molecular flexibility index (Phi) is 2.99. The highest BCUT2D eigenvalue weighted by atomic mass is 16.5. The molecule has 2 aliphatic rings. The number of carbonyl (C=O) groups excluding carboxylic acids is 2. The van der Waals surface area contributed by atoms with E-state index in [1.807, 2.05) is 0 Å². The lowest BCUT2D eigenvalue weighted by Gasteiger charge is -2.27. The predicted molar refractivity (Wildman–Crippen MR) is 56.4 cm³/mol. The number of cyclic esters (lactones) is 1. The lowest BCUT2D eigenvalue weighted by molar-refractivity contribution is -0.154. The van der Waals surface area contributed by atoms with E-state index in [9.17, 15) is 9.59 Å². The Bertz CT molecular complexity index is 345. The molecule has 16 heavy (non-hydrogen) atoms. The Labute approximate surface area is 94.6 Å². The first-order valence-corrected chi connectivity index (χ1v) is 5.61. The molecule has 2 rings (SSSR count). The molecule has 88 valence electrons. The topological polar surface area (TPSA) is 52.6 Å². The summed E-state index contributed by atoms with van der Waals surface area (Å²) in [6.07, 6.45) is 3.62. The number of ether oxygens (including phenoxy) is 2. The van der Waals surface area contributed by atoms with Crippen LogP contribution in [0.4, 0.5) is 0 Å². The van der Waals surface area contributed by atoms with E-state index in [0.717, 1.165) is 6.42 Å². The molecule has 0 radical (unpaired) electrons. The molecule has 4 nitrogen and oxygen atoms in total. The molecule has 0 unspecified atom stereocenters. The van der Waals surface area contributed by atoms with E-state index in [1.54, 1.807) is 0 Å². The van der Waals surface area contributed by atoms with Crippen LogP contribution >= 0.6 is 0 Å². The molecule has 0 N–H and O–H groups in total. The van der Waals surface area contributed by atoms with Crippen molar-refractivity contribution < 1.29 is 19.1 Å². The first-order chi connectivity index (χ1) is 7.67. The van der Waals surface area contributed by atoms with Crippen molar-refractivity contribution in [1.29, 1.82) is 0 Å². The van der Waals surface area contributed by atoms with Crippen molar-refractivity contribution in [2.24, 2.45) is 17.8 Å². The smallest absolute Gasteiger partial charge is 0.310 e. The molecule has 1 heterocycles. The summed E-state index contributed by atoms with van der Waals surface area (Å²) in [5, 5.41) is 0. The molecule has 1 fully saturated rings. The highest BCUT2D eigenvalue weighted by Gasteiger charge is 2.47. The van der Waals surface area contributed by atoms with Gasteiger partial charge in [-0.15, -0.1) is 0 Å². The first kappa shape index (κ1) is 11.2. The summed E-state index contributed by atoms with van der Waals surface area (Å²) < 4.78 is 9.79. The molecule has 0 amide bonds. The summed E-state index contributed by atoms with van der Waals surface area (Å²) in [4.78, 5) is 23.2. The number of methoxy groups -OCH3 is 1. The van der Waals surface area contributed by atoms with E-state index in [4.69, 9.17) is 9.47 Å². The van der Waals surface area contributed by atoms with E-state index >= 15 is 0 Å². The fourth-order valence-corrected chi connectivity index (χ4v) is 2.59. The highest BCUT2D eigenvalue weighted by Crippen LogP contribution is 2.40. The lowest BCUT2D eigenvalue weighted by Crippen LogP contribution is -2.34. The maximum absolute atomic E-state index is 11.7. The van der Waals surface area contributed by atoms with E-state index in [-0.39, 0.29) is 29.7 Å². The van der Waals surface area contributed by atoms with Gasteiger partial charge in [0.05, 0.1) is 25.6 Å². The van der Waals surface area contributed by atoms with Crippen LogP contribution in [0, 0.1) is 17.8 Å². The van der Waals surface area contributed by atoms with E-state index in [1.165, 1.54) is 12.7 Å². The van der Waals surface area contributed by atoms with Crippen molar-refractivity contribution >= 4 is 11.9 Å². The molecule has 3 atom stereocenters. The third-order valence-corrected chi connectivity index (χ3v) is 3.47. The second-order valence-electron chi connectivity index (χ2n) is 4.33. The maximum atomic E-state index is 11.7. The van der Waals surface area contributed by atoms with Crippen molar-refractivity contribution in [2.45, 2.75) is 19.8 Å². The molecule has 0 aromatic carbocycles. The van der Waals surface area contributed by atoms with Gasteiger partial charge in [0, 0.05) is 5.92 Å². The van der Waals surface area contributed by atoms with Gasteiger partial charge in [0.1, 0.15) is 0 Å². The Balaban J connectivity index is 2.27. The van der Waals surface area contributed by atoms with Crippen LogP contribution in [-0.2, 0) is 19.1 Å². The zero-order valence-corrected chi connectivity index (χ0v) is 9.56. The van der Waals surface area contributed by atoms with E-state index < -0.39 is 0 Å². The van der Waals surface area contributed by atoms with Gasteiger partial charge in [-0.3, -0.25) is 9.59 Å². The van der Waals surface area contributed by atoms with Gasteiger partial charge in [-0.25, -0.2) is 0 Å².